The number of hydrogen-bond acceptors (Lipinski definition) is 2. The maximum absolute atomic E-state index is 11.5. The van der Waals surface area contributed by atoms with Crippen molar-refractivity contribution in [3.63, 3.8) is 0 Å². The predicted molar refractivity (Wildman–Crippen MR) is 218 cm³/mol. The van der Waals surface area contributed by atoms with E-state index in [1.807, 2.05) is 12.1 Å². The van der Waals surface area contributed by atoms with Crippen LogP contribution in [0.25, 0.3) is 33.0 Å². The van der Waals surface area contributed by atoms with Crippen LogP contribution in [0.4, 0.5) is 17.1 Å². The number of nitrogens with zero attached hydrogens (tertiary/aromatic N) is 1. The third-order valence-electron chi connectivity index (χ3n) is 10.8. The summed E-state index contributed by atoms with van der Waals surface area (Å²) in [5.41, 5.74) is 13.2. The van der Waals surface area contributed by atoms with Gasteiger partial charge in [-0.05, 0) is 105 Å². The van der Waals surface area contributed by atoms with E-state index >= 15 is 0 Å². The maximum atomic E-state index is 11.5. The van der Waals surface area contributed by atoms with Gasteiger partial charge in [0.25, 0.3) is 0 Å². The molecule has 9 rings (SSSR count). The van der Waals surface area contributed by atoms with Crippen molar-refractivity contribution < 1.29 is 9.90 Å². The number of fused-ring (bicyclic) bond motifs is 4. The summed E-state index contributed by atoms with van der Waals surface area (Å²) >= 11 is 0. The molecule has 3 heteroatoms. The van der Waals surface area contributed by atoms with Crippen molar-refractivity contribution >= 4 is 33.8 Å². The van der Waals surface area contributed by atoms with E-state index < -0.39 is 5.97 Å². The van der Waals surface area contributed by atoms with E-state index in [-0.39, 0.29) is 11.0 Å². The molecule has 0 radical (unpaired) electrons. The topological polar surface area (TPSA) is 40.5 Å². The first-order valence-corrected chi connectivity index (χ1v) is 18.1. The van der Waals surface area contributed by atoms with Crippen LogP contribution >= 0.6 is 0 Å². The molecule has 0 saturated carbocycles. The second-order valence-corrected chi connectivity index (χ2v) is 13.9. The van der Waals surface area contributed by atoms with Gasteiger partial charge in [0.1, 0.15) is 0 Å². The average Bonchev–Trinajstić information content (AvgIpc) is 3.47. The Labute approximate surface area is 310 Å². The highest BCUT2D eigenvalue weighted by Crippen LogP contribution is 2.54. The third kappa shape index (κ3) is 5.87. The first kappa shape index (κ1) is 32.2. The van der Waals surface area contributed by atoms with Gasteiger partial charge in [-0.15, -0.1) is 0 Å². The van der Waals surface area contributed by atoms with Gasteiger partial charge in [-0.2, -0.15) is 0 Å². The van der Waals surface area contributed by atoms with Gasteiger partial charge in [-0.1, -0.05) is 152 Å². The van der Waals surface area contributed by atoms with Crippen molar-refractivity contribution in [2.24, 2.45) is 0 Å². The van der Waals surface area contributed by atoms with Gasteiger partial charge in [0.15, 0.2) is 0 Å². The first-order valence-electron chi connectivity index (χ1n) is 18.1. The molecule has 0 unspecified atom stereocenters. The molecule has 1 N–H and O–H groups in total. The Morgan fingerprint density at radius 2 is 1.04 bits per heavy atom. The zero-order chi connectivity index (χ0) is 35.8. The molecule has 1 aliphatic carbocycles. The Morgan fingerprint density at radius 1 is 0.491 bits per heavy atom. The fraction of sp³-hybridized carbons (Fsp3) is 0.0600. The second-order valence-electron chi connectivity index (χ2n) is 13.9. The van der Waals surface area contributed by atoms with Crippen LogP contribution in [0, 0.1) is 0 Å². The SMILES string of the molecule is O=C(O)c1ccc(-c2ccc(N(c3ccc4c(c3)C(Cc3ccccc3)(Cc3ccccc3)c3ccccc3-4)c3cccc4ccccc34)cc2)cc1. The summed E-state index contributed by atoms with van der Waals surface area (Å²) in [7, 11) is 0. The summed E-state index contributed by atoms with van der Waals surface area (Å²) in [6, 6.07) is 68.6. The molecule has 0 aromatic heterocycles. The highest BCUT2D eigenvalue weighted by atomic mass is 16.4. The fourth-order valence-electron chi connectivity index (χ4n) is 8.35. The van der Waals surface area contributed by atoms with Gasteiger partial charge < -0.3 is 10.0 Å². The Balaban J connectivity index is 1.24. The molecular formula is C50H37NO2. The van der Waals surface area contributed by atoms with Gasteiger partial charge in [0.2, 0.25) is 0 Å². The van der Waals surface area contributed by atoms with Gasteiger partial charge in [0.05, 0.1) is 11.3 Å². The van der Waals surface area contributed by atoms with Crippen LogP contribution in [0.5, 0.6) is 0 Å². The molecule has 0 atom stereocenters. The van der Waals surface area contributed by atoms with E-state index in [1.165, 1.54) is 44.2 Å². The largest absolute Gasteiger partial charge is 0.478 e. The molecule has 0 aliphatic heterocycles. The van der Waals surface area contributed by atoms with E-state index in [0.717, 1.165) is 41.0 Å². The molecule has 0 heterocycles. The monoisotopic (exact) mass is 683 g/mol. The number of carboxylic acid groups (broad SMARTS) is 1. The summed E-state index contributed by atoms with van der Waals surface area (Å²) in [5, 5.41) is 11.8. The van der Waals surface area contributed by atoms with Crippen molar-refractivity contribution in [3.8, 4) is 22.3 Å². The van der Waals surface area contributed by atoms with E-state index in [9.17, 15) is 9.90 Å². The molecule has 8 aromatic rings. The number of benzene rings is 8. The third-order valence-corrected chi connectivity index (χ3v) is 10.8. The van der Waals surface area contributed by atoms with Gasteiger partial charge in [-0.3, -0.25) is 0 Å². The van der Waals surface area contributed by atoms with Crippen LogP contribution in [0.2, 0.25) is 0 Å². The molecule has 0 saturated heterocycles. The minimum atomic E-state index is -0.924. The Kier molecular flexibility index (Phi) is 8.17. The predicted octanol–water partition coefficient (Wildman–Crippen LogP) is 12.4. The second kappa shape index (κ2) is 13.4. The maximum Gasteiger partial charge on any atom is 0.335 e. The Morgan fingerprint density at radius 3 is 1.72 bits per heavy atom. The van der Waals surface area contributed by atoms with Crippen molar-refractivity contribution in [2.75, 3.05) is 4.90 Å². The number of hydrogen-bond donors (Lipinski definition) is 1. The minimum absolute atomic E-state index is 0.280. The van der Waals surface area contributed by atoms with Crippen LogP contribution in [-0.4, -0.2) is 11.1 Å². The van der Waals surface area contributed by atoms with E-state index in [0.29, 0.717) is 0 Å². The quantitative estimate of drug-likeness (QED) is 0.165. The summed E-state index contributed by atoms with van der Waals surface area (Å²) in [5.74, 6) is -0.924. The minimum Gasteiger partial charge on any atom is -0.478 e. The van der Waals surface area contributed by atoms with Gasteiger partial charge in [-0.25, -0.2) is 4.79 Å². The number of anilines is 3. The lowest BCUT2D eigenvalue weighted by Crippen LogP contribution is -2.31. The van der Waals surface area contributed by atoms with Crippen LogP contribution < -0.4 is 4.90 Å². The normalized spacial score (nSPS) is 12.6. The van der Waals surface area contributed by atoms with Gasteiger partial charge in [0, 0.05) is 22.2 Å². The number of carbonyl (C=O) groups is 1. The molecule has 0 spiro atoms. The standard InChI is InChI=1S/C50H37NO2/c52-49(53)40-24-22-37(23-25-40)38-26-28-41(29-27-38)51(48-21-11-17-39-16-7-8-18-43(39)48)42-30-31-45-44-19-9-10-20-46(44)50(47(45)32-42,33-35-12-3-1-4-13-35)34-36-14-5-2-6-15-36/h1-32H,33-34H2,(H,52,53). The zero-order valence-electron chi connectivity index (χ0n) is 29.2. The molecule has 3 nitrogen and oxygen atoms in total. The Hall–Kier alpha value is -6.71. The molecule has 254 valence electrons. The number of aromatic carboxylic acids is 1. The number of rotatable bonds is 9. The molecule has 53 heavy (non-hydrogen) atoms. The summed E-state index contributed by atoms with van der Waals surface area (Å²) < 4.78 is 0. The highest BCUT2D eigenvalue weighted by molar-refractivity contribution is 5.99. The van der Waals surface area contributed by atoms with E-state index in [1.54, 1.807) is 12.1 Å². The lowest BCUT2D eigenvalue weighted by atomic mass is 9.69. The molecule has 0 bridgehead atoms. The average molecular weight is 684 g/mol. The summed E-state index contributed by atoms with van der Waals surface area (Å²) in [4.78, 5) is 13.9. The molecule has 0 amide bonds. The molecular weight excluding hydrogens is 647 g/mol. The summed E-state index contributed by atoms with van der Waals surface area (Å²) in [6.07, 6.45) is 1.75. The fourth-order valence-corrected chi connectivity index (χ4v) is 8.35. The zero-order valence-corrected chi connectivity index (χ0v) is 29.2. The molecule has 1 aliphatic rings. The van der Waals surface area contributed by atoms with Gasteiger partial charge >= 0.3 is 5.97 Å². The van der Waals surface area contributed by atoms with Crippen LogP contribution in [-0.2, 0) is 18.3 Å². The van der Waals surface area contributed by atoms with Crippen LogP contribution in [0.3, 0.4) is 0 Å². The molecule has 8 aromatic carbocycles. The molecule has 0 fully saturated rings. The lowest BCUT2D eigenvalue weighted by Gasteiger charge is -2.34. The van der Waals surface area contributed by atoms with Crippen molar-refractivity contribution in [3.05, 3.63) is 222 Å². The van der Waals surface area contributed by atoms with E-state index in [4.69, 9.17) is 0 Å². The number of carboxylic acids is 1. The smallest absolute Gasteiger partial charge is 0.335 e. The first-order chi connectivity index (χ1) is 26.1. The van der Waals surface area contributed by atoms with Crippen molar-refractivity contribution in [2.45, 2.75) is 18.3 Å². The van der Waals surface area contributed by atoms with Crippen molar-refractivity contribution in [1.82, 2.24) is 0 Å². The van der Waals surface area contributed by atoms with Crippen LogP contribution in [0.1, 0.15) is 32.6 Å². The summed E-state index contributed by atoms with van der Waals surface area (Å²) in [6.45, 7) is 0. The van der Waals surface area contributed by atoms with Crippen molar-refractivity contribution in [1.29, 1.82) is 0 Å². The van der Waals surface area contributed by atoms with E-state index in [2.05, 4.69) is 175 Å². The van der Waals surface area contributed by atoms with Crippen LogP contribution in [0.15, 0.2) is 194 Å². The lowest BCUT2D eigenvalue weighted by molar-refractivity contribution is 0.0697. The Bertz CT molecular complexity index is 2530. The highest BCUT2D eigenvalue weighted by Gasteiger charge is 2.43.